The van der Waals surface area contributed by atoms with Crippen LogP contribution in [-0.4, -0.2) is 63.3 Å². The summed E-state index contributed by atoms with van der Waals surface area (Å²) in [5, 5.41) is 0.303. The number of benzene rings is 2. The van der Waals surface area contributed by atoms with Crippen molar-refractivity contribution in [3.05, 3.63) is 42.0 Å². The zero-order valence-electron chi connectivity index (χ0n) is 18.0. The van der Waals surface area contributed by atoms with Gasteiger partial charge in [0.25, 0.3) is 5.91 Å². The number of carbonyl (C=O) groups is 1. The highest BCUT2D eigenvalue weighted by Gasteiger charge is 2.49. The molecule has 3 aliphatic rings. The lowest BCUT2D eigenvalue weighted by molar-refractivity contribution is -0.117. The second kappa shape index (κ2) is 8.45. The average Bonchev–Trinajstić information content (AvgIpc) is 3.44. The van der Waals surface area contributed by atoms with Crippen molar-refractivity contribution in [1.82, 2.24) is 0 Å². The standard InChI is InChI=1S/C22H22N2O7S2/c1-28-16-5-3-13(7-18(16)29-2)8-21(25)23-22-24(15-10-33(26,27)11-20(15)32-22)14-4-6-17-19(9-14)31-12-30-17/h3-7,9,15,20H,8,10-12H2,1-2H3. The molecule has 5 rings (SSSR count). The molecule has 2 saturated heterocycles. The Morgan fingerprint density at radius 3 is 2.67 bits per heavy atom. The van der Waals surface area contributed by atoms with Gasteiger partial charge in [-0.05, 0) is 29.8 Å². The third-order valence-corrected chi connectivity index (χ3v) is 8.93. The van der Waals surface area contributed by atoms with Gasteiger partial charge >= 0.3 is 0 Å². The smallest absolute Gasteiger partial charge is 0.252 e. The molecule has 0 bridgehead atoms. The van der Waals surface area contributed by atoms with E-state index in [0.717, 1.165) is 5.56 Å². The highest BCUT2D eigenvalue weighted by atomic mass is 32.2. The van der Waals surface area contributed by atoms with E-state index in [0.29, 0.717) is 33.9 Å². The molecule has 11 heteroatoms. The van der Waals surface area contributed by atoms with Gasteiger partial charge in [0, 0.05) is 17.0 Å². The number of anilines is 1. The first-order valence-electron chi connectivity index (χ1n) is 10.3. The Morgan fingerprint density at radius 2 is 1.88 bits per heavy atom. The minimum absolute atomic E-state index is 0.0159. The number of amidine groups is 1. The summed E-state index contributed by atoms with van der Waals surface area (Å²) in [6.45, 7) is 0.138. The van der Waals surface area contributed by atoms with E-state index in [9.17, 15) is 13.2 Å². The fraction of sp³-hybridized carbons (Fsp3) is 0.364. The van der Waals surface area contributed by atoms with Gasteiger partial charge in [-0.15, -0.1) is 0 Å². The third kappa shape index (κ3) is 4.22. The number of rotatable bonds is 5. The number of sulfone groups is 1. The molecular weight excluding hydrogens is 468 g/mol. The predicted octanol–water partition coefficient (Wildman–Crippen LogP) is 2.28. The molecule has 174 valence electrons. The van der Waals surface area contributed by atoms with Crippen molar-refractivity contribution in [2.24, 2.45) is 4.99 Å². The highest BCUT2D eigenvalue weighted by molar-refractivity contribution is 8.16. The average molecular weight is 491 g/mol. The molecule has 2 aromatic rings. The van der Waals surface area contributed by atoms with E-state index in [4.69, 9.17) is 18.9 Å². The number of hydrogen-bond acceptors (Lipinski definition) is 8. The molecule has 3 heterocycles. The highest BCUT2D eigenvalue weighted by Crippen LogP contribution is 2.44. The Kier molecular flexibility index (Phi) is 5.61. The third-order valence-electron chi connectivity index (χ3n) is 5.72. The van der Waals surface area contributed by atoms with Crippen molar-refractivity contribution in [1.29, 1.82) is 0 Å². The Labute approximate surface area is 195 Å². The van der Waals surface area contributed by atoms with Crippen molar-refractivity contribution < 1.29 is 32.2 Å². The molecule has 0 aromatic heterocycles. The van der Waals surface area contributed by atoms with E-state index in [1.54, 1.807) is 37.4 Å². The predicted molar refractivity (Wildman–Crippen MR) is 125 cm³/mol. The van der Waals surface area contributed by atoms with Crippen molar-refractivity contribution in [3.63, 3.8) is 0 Å². The summed E-state index contributed by atoms with van der Waals surface area (Å²) in [6, 6.07) is 10.4. The Morgan fingerprint density at radius 1 is 1.09 bits per heavy atom. The van der Waals surface area contributed by atoms with Gasteiger partial charge in [0.1, 0.15) is 0 Å². The van der Waals surface area contributed by atoms with E-state index >= 15 is 0 Å². The van der Waals surface area contributed by atoms with Gasteiger partial charge in [0.2, 0.25) is 6.79 Å². The van der Waals surface area contributed by atoms with Crippen LogP contribution in [0.2, 0.25) is 0 Å². The van der Waals surface area contributed by atoms with Gasteiger partial charge in [0.15, 0.2) is 38.0 Å². The number of ether oxygens (including phenoxy) is 4. The molecule has 0 N–H and O–H groups in total. The van der Waals surface area contributed by atoms with Crippen LogP contribution in [0.15, 0.2) is 41.4 Å². The summed E-state index contributed by atoms with van der Waals surface area (Å²) in [6.07, 6.45) is 0.0764. The molecule has 3 aliphatic heterocycles. The van der Waals surface area contributed by atoms with Crippen LogP contribution in [0.25, 0.3) is 0 Å². The van der Waals surface area contributed by atoms with Crippen LogP contribution in [0.5, 0.6) is 23.0 Å². The Hall–Kier alpha value is -2.92. The molecular formula is C22H22N2O7S2. The lowest BCUT2D eigenvalue weighted by atomic mass is 10.1. The molecule has 0 radical (unpaired) electrons. The zero-order valence-corrected chi connectivity index (χ0v) is 19.6. The van der Waals surface area contributed by atoms with Gasteiger partial charge in [-0.3, -0.25) is 4.79 Å². The van der Waals surface area contributed by atoms with Crippen LogP contribution in [0, 0.1) is 0 Å². The second-order valence-corrected chi connectivity index (χ2v) is 11.2. The van der Waals surface area contributed by atoms with Crippen LogP contribution >= 0.6 is 11.8 Å². The van der Waals surface area contributed by atoms with Crippen molar-refractivity contribution in [2.75, 3.05) is 37.4 Å². The molecule has 2 aromatic carbocycles. The van der Waals surface area contributed by atoms with Gasteiger partial charge in [-0.1, -0.05) is 17.8 Å². The van der Waals surface area contributed by atoms with Crippen LogP contribution in [0.1, 0.15) is 5.56 Å². The SMILES string of the molecule is COc1ccc(CC(=O)N=C2SC3CS(=O)(=O)CC3N2c2ccc3c(c2)OCO3)cc1OC. The van der Waals surface area contributed by atoms with Crippen LogP contribution in [0.3, 0.4) is 0 Å². The molecule has 2 atom stereocenters. The number of thioether (sulfide) groups is 1. The molecule has 9 nitrogen and oxygen atoms in total. The van der Waals surface area contributed by atoms with Gasteiger partial charge in [0.05, 0.1) is 38.2 Å². The minimum Gasteiger partial charge on any atom is -0.493 e. The Bertz CT molecular complexity index is 1250. The van der Waals surface area contributed by atoms with Gasteiger partial charge in [-0.25, -0.2) is 8.42 Å². The molecule has 2 fully saturated rings. The number of nitrogens with zero attached hydrogens (tertiary/aromatic N) is 2. The molecule has 0 spiro atoms. The maximum Gasteiger partial charge on any atom is 0.252 e. The molecule has 2 unspecified atom stereocenters. The summed E-state index contributed by atoms with van der Waals surface area (Å²) in [7, 11) is -0.0709. The minimum atomic E-state index is -3.16. The quantitative estimate of drug-likeness (QED) is 0.624. The monoisotopic (exact) mass is 490 g/mol. The van der Waals surface area contributed by atoms with Crippen molar-refractivity contribution in [3.8, 4) is 23.0 Å². The first-order chi connectivity index (χ1) is 15.9. The second-order valence-electron chi connectivity index (χ2n) is 7.86. The summed E-state index contributed by atoms with van der Waals surface area (Å²) in [5.41, 5.74) is 1.46. The van der Waals surface area contributed by atoms with E-state index < -0.39 is 9.84 Å². The van der Waals surface area contributed by atoms with E-state index in [-0.39, 0.29) is 41.9 Å². The number of amides is 1. The number of fused-ring (bicyclic) bond motifs is 2. The lowest BCUT2D eigenvalue weighted by Gasteiger charge is -2.24. The summed E-state index contributed by atoms with van der Waals surface area (Å²) in [4.78, 5) is 19.1. The number of methoxy groups -OCH3 is 2. The molecule has 0 aliphatic carbocycles. The van der Waals surface area contributed by atoms with Crippen molar-refractivity contribution >= 4 is 38.4 Å². The maximum atomic E-state index is 12.9. The summed E-state index contributed by atoms with van der Waals surface area (Å²) < 4.78 is 46.0. The molecule has 1 amide bonds. The van der Waals surface area contributed by atoms with Gasteiger partial charge in [-0.2, -0.15) is 4.99 Å². The largest absolute Gasteiger partial charge is 0.493 e. The fourth-order valence-corrected chi connectivity index (χ4v) is 8.14. The van der Waals surface area contributed by atoms with Crippen molar-refractivity contribution in [2.45, 2.75) is 17.7 Å². The summed E-state index contributed by atoms with van der Waals surface area (Å²) >= 11 is 1.33. The normalized spacial score (nSPS) is 23.6. The maximum absolute atomic E-state index is 12.9. The van der Waals surface area contributed by atoms with Gasteiger partial charge < -0.3 is 23.8 Å². The topological polar surface area (TPSA) is 104 Å². The Balaban J connectivity index is 1.44. The first kappa shape index (κ1) is 21.9. The van der Waals surface area contributed by atoms with Crippen LogP contribution in [0.4, 0.5) is 5.69 Å². The fourth-order valence-electron chi connectivity index (χ4n) is 4.21. The number of carbonyl (C=O) groups excluding carboxylic acids is 1. The van der Waals surface area contributed by atoms with E-state index in [1.807, 2.05) is 11.0 Å². The molecule has 0 saturated carbocycles. The van der Waals surface area contributed by atoms with Crippen LogP contribution in [-0.2, 0) is 21.1 Å². The summed E-state index contributed by atoms with van der Waals surface area (Å²) in [5.74, 6) is 2.07. The van der Waals surface area contributed by atoms with Crippen LogP contribution < -0.4 is 23.8 Å². The molecule has 33 heavy (non-hydrogen) atoms. The number of hydrogen-bond donors (Lipinski definition) is 0. The lowest BCUT2D eigenvalue weighted by Crippen LogP contribution is -2.37. The first-order valence-corrected chi connectivity index (χ1v) is 13.0. The zero-order chi connectivity index (χ0) is 23.2. The van der Waals surface area contributed by atoms with E-state index in [1.165, 1.54) is 18.9 Å². The van der Waals surface area contributed by atoms with E-state index in [2.05, 4.69) is 4.99 Å². The number of aliphatic imine (C=N–C) groups is 1.